The van der Waals surface area contributed by atoms with Gasteiger partial charge in [-0.05, 0) is 178 Å². The molecule has 0 atom stereocenters. The minimum Gasteiger partial charge on any atom is -0.497 e. The van der Waals surface area contributed by atoms with Gasteiger partial charge in [-0.15, -0.1) is 79.4 Å². The molecule has 0 bridgehead atoms. The number of aryl methyl sites for hydroxylation is 4. The molecule has 0 amide bonds. The fourth-order valence-electron chi connectivity index (χ4n) is 10.6. The summed E-state index contributed by atoms with van der Waals surface area (Å²) in [4.78, 5) is 30.3. The molecule has 3 aromatic carbocycles. The lowest BCUT2D eigenvalue weighted by atomic mass is 10.0. The third kappa shape index (κ3) is 12.7. The maximum absolute atomic E-state index is 5.67. The van der Waals surface area contributed by atoms with Crippen LogP contribution in [0, 0.1) is 6.92 Å². The molecule has 0 saturated carbocycles. The summed E-state index contributed by atoms with van der Waals surface area (Å²) in [7, 11) is 3.41. The van der Waals surface area contributed by atoms with Crippen LogP contribution >= 0.6 is 79.4 Å². The molecule has 8 heterocycles. The van der Waals surface area contributed by atoms with E-state index in [2.05, 4.69) is 137 Å². The number of ether oxygens (including phenoxy) is 2. The van der Waals surface area contributed by atoms with Crippen LogP contribution < -0.4 is 9.47 Å². The Morgan fingerprint density at radius 1 is 0.350 bits per heavy atom. The van der Waals surface area contributed by atoms with E-state index in [0.717, 1.165) is 69.0 Å². The van der Waals surface area contributed by atoms with Crippen molar-refractivity contribution < 1.29 is 9.47 Å². The lowest BCUT2D eigenvalue weighted by Gasteiger charge is -2.15. The molecule has 0 spiro atoms. The molecule has 0 aliphatic rings. The normalized spacial score (nSPS) is 11.6. The Labute approximate surface area is 501 Å². The van der Waals surface area contributed by atoms with Gasteiger partial charge in [-0.1, -0.05) is 90.7 Å². The Hall–Kier alpha value is -5.50. The molecule has 0 radical (unpaired) electrons. The molecule has 0 aliphatic carbocycles. The molecule has 11 heteroatoms. The second-order valence-corrected chi connectivity index (χ2v) is 28.6. The molecule has 11 rings (SSSR count). The monoisotopic (exact) mass is 1180 g/mol. The lowest BCUT2D eigenvalue weighted by Crippen LogP contribution is -1.98. The molecule has 0 saturated heterocycles. The highest BCUT2D eigenvalue weighted by Gasteiger charge is 2.24. The number of rotatable bonds is 26. The summed E-state index contributed by atoms with van der Waals surface area (Å²) in [5.74, 6) is 1.60. The molecular weight excluding hydrogens is 1110 g/mol. The maximum Gasteiger partial charge on any atom is 0.118 e. The van der Waals surface area contributed by atoms with E-state index in [1.54, 1.807) is 25.6 Å². The zero-order valence-electron chi connectivity index (χ0n) is 46.9. The predicted octanol–water partition coefficient (Wildman–Crippen LogP) is 23.8. The summed E-state index contributed by atoms with van der Waals surface area (Å²) in [6.07, 6.45) is 18.6. The third-order valence-electron chi connectivity index (χ3n) is 15.0. The summed E-state index contributed by atoms with van der Waals surface area (Å²) in [6.45, 7) is 9.08. The standard InChI is InChI=1S/C69H70N2O2S7/c1-7-10-13-16-19-47-42-62(79-69(47)63-43-48(20-17-14-11-8-2)68(80-63)61-41-40-59(78-61)58-39-38-57(77-58)56-35-31-51(75-56)21-18-15-12-9-3)60-37-36-55(76-60)53-33-32-52(54-34-22-44(4)74-54)66-67(53)71-65(46-25-29-50(73-6)30-26-46)64(70-66)45-23-27-49(72-5)28-24-45/h22-43H,7-21H2,1-6H3. The number of hydrogen-bond donors (Lipinski definition) is 0. The number of benzene rings is 3. The van der Waals surface area contributed by atoms with E-state index in [1.807, 2.05) is 92.3 Å². The number of nitrogens with zero attached hydrogens (tertiary/aromatic N) is 2. The third-order valence-corrected chi connectivity index (χ3v) is 23.7. The van der Waals surface area contributed by atoms with Gasteiger partial charge in [-0.2, -0.15) is 0 Å². The minimum absolute atomic E-state index is 0.801. The van der Waals surface area contributed by atoms with Gasteiger partial charge in [0.15, 0.2) is 0 Å². The zero-order chi connectivity index (χ0) is 55.0. The van der Waals surface area contributed by atoms with Crippen molar-refractivity contribution in [1.29, 1.82) is 0 Å². The highest BCUT2D eigenvalue weighted by atomic mass is 32.1. The van der Waals surface area contributed by atoms with Gasteiger partial charge in [0.1, 0.15) is 11.5 Å². The van der Waals surface area contributed by atoms with Gasteiger partial charge in [0.2, 0.25) is 0 Å². The average molecular weight is 1180 g/mol. The zero-order valence-corrected chi connectivity index (χ0v) is 52.6. The van der Waals surface area contributed by atoms with Gasteiger partial charge in [-0.25, -0.2) is 9.97 Å². The number of thiophene rings is 7. The summed E-state index contributed by atoms with van der Waals surface area (Å²) < 4.78 is 11.2. The van der Waals surface area contributed by atoms with E-state index in [1.165, 1.54) is 163 Å². The molecule has 8 aromatic heterocycles. The number of unbranched alkanes of at least 4 members (excludes halogenated alkanes) is 9. The van der Waals surface area contributed by atoms with Crippen LogP contribution in [0.4, 0.5) is 0 Å². The first-order chi connectivity index (χ1) is 39.3. The Balaban J connectivity index is 0.957. The van der Waals surface area contributed by atoms with E-state index >= 15 is 0 Å². The quantitative estimate of drug-likeness (QED) is 0.0507. The van der Waals surface area contributed by atoms with Crippen molar-refractivity contribution >= 4 is 90.4 Å². The van der Waals surface area contributed by atoms with Gasteiger partial charge in [0, 0.05) is 90.5 Å². The summed E-state index contributed by atoms with van der Waals surface area (Å²) in [5, 5.41) is 0. The van der Waals surface area contributed by atoms with Gasteiger partial charge in [0.25, 0.3) is 0 Å². The van der Waals surface area contributed by atoms with Crippen molar-refractivity contribution in [1.82, 2.24) is 9.97 Å². The lowest BCUT2D eigenvalue weighted by molar-refractivity contribution is 0.414. The van der Waals surface area contributed by atoms with Crippen molar-refractivity contribution in [2.45, 2.75) is 124 Å². The summed E-state index contributed by atoms with van der Waals surface area (Å²) in [5.41, 5.74) is 10.6. The van der Waals surface area contributed by atoms with E-state index in [9.17, 15) is 0 Å². The highest BCUT2D eigenvalue weighted by molar-refractivity contribution is 7.31. The summed E-state index contributed by atoms with van der Waals surface area (Å²) in [6, 6.07) is 49.3. The number of fused-ring (bicyclic) bond motifs is 1. The van der Waals surface area contributed by atoms with Crippen LogP contribution in [0.3, 0.4) is 0 Å². The Morgan fingerprint density at radius 2 is 0.762 bits per heavy atom. The SMILES string of the molecule is CCCCCCc1ccc(-c2ccc(-c3ccc(-c4sc(-c5sc(-c6ccc(-c7ccc(-c8ccc(C)s8)c8nc(-c9ccc(OC)cc9)c(-c9ccc(OC)cc9)nc78)s6)cc5CCCCCC)cc4CCCCCC)s3)s2)s1. The molecule has 11 aromatic rings. The molecule has 4 nitrogen and oxygen atoms in total. The van der Waals surface area contributed by atoms with Crippen molar-refractivity contribution in [3.63, 3.8) is 0 Å². The van der Waals surface area contributed by atoms with Crippen molar-refractivity contribution in [2.24, 2.45) is 0 Å². The van der Waals surface area contributed by atoms with Crippen molar-refractivity contribution in [2.75, 3.05) is 14.2 Å². The fourth-order valence-corrected chi connectivity index (χ4v) is 18.5. The predicted molar refractivity (Wildman–Crippen MR) is 355 cm³/mol. The smallest absolute Gasteiger partial charge is 0.118 e. The number of hydrogen-bond acceptors (Lipinski definition) is 11. The molecule has 0 N–H and O–H groups in total. The Morgan fingerprint density at radius 3 is 1.29 bits per heavy atom. The van der Waals surface area contributed by atoms with E-state index < -0.39 is 0 Å². The molecule has 0 fully saturated rings. The molecular formula is C69H70N2O2S7. The number of methoxy groups -OCH3 is 2. The van der Waals surface area contributed by atoms with Gasteiger partial charge >= 0.3 is 0 Å². The minimum atomic E-state index is 0.801. The molecule has 0 aliphatic heterocycles. The molecule has 0 unspecified atom stereocenters. The molecule has 410 valence electrons. The first kappa shape index (κ1) is 56.4. The average Bonchev–Trinajstić information content (AvgIpc) is 4.48. The van der Waals surface area contributed by atoms with Crippen LogP contribution in [0.5, 0.6) is 11.5 Å². The Bertz CT molecular complexity index is 3800. The van der Waals surface area contributed by atoms with Crippen LogP contribution in [0.1, 0.15) is 119 Å². The van der Waals surface area contributed by atoms with Crippen molar-refractivity contribution in [3.05, 3.63) is 154 Å². The van der Waals surface area contributed by atoms with Crippen LogP contribution in [0.2, 0.25) is 0 Å². The van der Waals surface area contributed by atoms with Crippen LogP contribution in [-0.2, 0) is 19.3 Å². The Kier molecular flexibility index (Phi) is 18.7. The van der Waals surface area contributed by atoms with E-state index in [4.69, 9.17) is 19.4 Å². The topological polar surface area (TPSA) is 44.2 Å². The van der Waals surface area contributed by atoms with Gasteiger partial charge < -0.3 is 9.47 Å². The van der Waals surface area contributed by atoms with E-state index in [-0.39, 0.29) is 0 Å². The molecule has 80 heavy (non-hydrogen) atoms. The fraction of sp³-hybridized carbons (Fsp3) is 0.304. The first-order valence-electron chi connectivity index (χ1n) is 28.7. The second kappa shape index (κ2) is 26.6. The first-order valence-corrected chi connectivity index (χ1v) is 34.4. The summed E-state index contributed by atoms with van der Waals surface area (Å²) >= 11 is 13.6. The van der Waals surface area contributed by atoms with Gasteiger partial charge in [0.05, 0.1) is 36.6 Å². The number of aromatic nitrogens is 2. The highest BCUT2D eigenvalue weighted by Crippen LogP contribution is 2.51. The van der Waals surface area contributed by atoms with Crippen molar-refractivity contribution in [3.8, 4) is 104 Å². The van der Waals surface area contributed by atoms with E-state index in [0.29, 0.717) is 0 Å². The second-order valence-electron chi connectivity index (χ2n) is 20.8. The largest absolute Gasteiger partial charge is 0.497 e. The maximum atomic E-state index is 5.67. The van der Waals surface area contributed by atoms with Crippen LogP contribution in [0.15, 0.2) is 133 Å². The van der Waals surface area contributed by atoms with Crippen LogP contribution in [-0.4, -0.2) is 24.2 Å². The van der Waals surface area contributed by atoms with Gasteiger partial charge in [-0.3, -0.25) is 0 Å². The van der Waals surface area contributed by atoms with Crippen LogP contribution in [0.25, 0.3) is 103 Å².